The van der Waals surface area contributed by atoms with Crippen molar-refractivity contribution in [3.8, 4) is 0 Å². The van der Waals surface area contributed by atoms with Crippen LogP contribution in [-0.4, -0.2) is 35.0 Å². The zero-order chi connectivity index (χ0) is 23.5. The second-order valence-corrected chi connectivity index (χ2v) is 8.40. The molecular formula is C24H28F3NO4. The van der Waals surface area contributed by atoms with Crippen LogP contribution in [0.2, 0.25) is 0 Å². The van der Waals surface area contributed by atoms with E-state index in [1.807, 2.05) is 0 Å². The summed E-state index contributed by atoms with van der Waals surface area (Å²) in [7, 11) is 1.47. The lowest BCUT2D eigenvalue weighted by Crippen LogP contribution is -2.37. The Kier molecular flexibility index (Phi) is 7.31. The highest BCUT2D eigenvalue weighted by Crippen LogP contribution is 2.38. The minimum absolute atomic E-state index is 0.00687. The number of halogens is 3. The second kappa shape index (κ2) is 9.79. The summed E-state index contributed by atoms with van der Waals surface area (Å²) in [4.78, 5) is 25.2. The maximum absolute atomic E-state index is 13.5. The molecular weight excluding hydrogens is 423 g/mol. The topological polar surface area (TPSA) is 66.8 Å². The van der Waals surface area contributed by atoms with Crippen LogP contribution >= 0.6 is 0 Å². The van der Waals surface area contributed by atoms with Crippen LogP contribution in [-0.2, 0) is 27.0 Å². The Morgan fingerprint density at radius 3 is 2.47 bits per heavy atom. The Balaban J connectivity index is 2.07. The maximum atomic E-state index is 13.5. The summed E-state index contributed by atoms with van der Waals surface area (Å²) in [5, 5.41) is 9.18. The number of rotatable bonds is 7. The standard InChI is InChI=1S/C24H28F3NO4/c1-15(29)28(19-5-3-4-6-19)14-17-13-18(24(25,26)27)8-9-20(17)21-11-16(12-23(30)31)7-10-22(21)32-2/h8-11,13,16,19H,3-7,12,14H2,1-2H3,(H,30,31). The van der Waals surface area contributed by atoms with Gasteiger partial charge in [0, 0.05) is 25.1 Å². The number of carboxylic acid groups (broad SMARTS) is 1. The molecule has 2 aliphatic carbocycles. The molecule has 1 aromatic carbocycles. The zero-order valence-electron chi connectivity index (χ0n) is 18.2. The normalized spacial score (nSPS) is 19.3. The summed E-state index contributed by atoms with van der Waals surface area (Å²) >= 11 is 0. The van der Waals surface area contributed by atoms with Gasteiger partial charge in [0.25, 0.3) is 0 Å². The Morgan fingerprint density at radius 1 is 1.22 bits per heavy atom. The van der Waals surface area contributed by atoms with E-state index in [-0.39, 0.29) is 30.8 Å². The minimum atomic E-state index is -4.52. The van der Waals surface area contributed by atoms with Crippen molar-refractivity contribution in [1.82, 2.24) is 4.90 Å². The third-order valence-electron chi connectivity index (χ3n) is 6.16. The summed E-state index contributed by atoms with van der Waals surface area (Å²) in [5.74, 6) is -0.932. The summed E-state index contributed by atoms with van der Waals surface area (Å²) < 4.78 is 45.9. The third kappa shape index (κ3) is 5.53. The highest BCUT2D eigenvalue weighted by Gasteiger charge is 2.33. The van der Waals surface area contributed by atoms with Crippen LogP contribution in [0.25, 0.3) is 5.57 Å². The van der Waals surface area contributed by atoms with Gasteiger partial charge >= 0.3 is 12.1 Å². The fourth-order valence-electron chi connectivity index (χ4n) is 4.60. The molecule has 0 radical (unpaired) electrons. The van der Waals surface area contributed by atoms with Crippen LogP contribution in [0.1, 0.15) is 62.1 Å². The molecule has 1 fully saturated rings. The SMILES string of the molecule is COC1=CCC(CC(=O)O)C=C1c1ccc(C(F)(F)F)cc1CN(C(C)=O)C1CCCC1. The van der Waals surface area contributed by atoms with Crippen LogP contribution in [0.4, 0.5) is 13.2 Å². The number of ether oxygens (including phenoxy) is 1. The van der Waals surface area contributed by atoms with E-state index < -0.39 is 17.7 Å². The van der Waals surface area contributed by atoms with Crippen molar-refractivity contribution in [2.24, 2.45) is 5.92 Å². The number of carboxylic acids is 1. The Bertz CT molecular complexity index is 930. The molecule has 174 valence electrons. The van der Waals surface area contributed by atoms with Gasteiger partial charge in [-0.2, -0.15) is 13.2 Å². The smallest absolute Gasteiger partial charge is 0.416 e. The van der Waals surface area contributed by atoms with Crippen molar-refractivity contribution >= 4 is 17.4 Å². The molecule has 1 amide bonds. The first-order valence-electron chi connectivity index (χ1n) is 10.8. The van der Waals surface area contributed by atoms with Gasteiger partial charge in [-0.1, -0.05) is 25.0 Å². The molecule has 0 aliphatic heterocycles. The Hall–Kier alpha value is -2.77. The van der Waals surface area contributed by atoms with Crippen LogP contribution in [0, 0.1) is 5.92 Å². The van der Waals surface area contributed by atoms with Gasteiger partial charge < -0.3 is 14.7 Å². The molecule has 0 heterocycles. The van der Waals surface area contributed by atoms with Crippen molar-refractivity contribution in [3.05, 3.63) is 52.8 Å². The van der Waals surface area contributed by atoms with E-state index in [9.17, 15) is 27.9 Å². The summed E-state index contributed by atoms with van der Waals surface area (Å²) in [6.07, 6.45) is 3.03. The molecule has 1 saturated carbocycles. The number of methoxy groups -OCH3 is 1. The molecule has 0 spiro atoms. The number of hydrogen-bond acceptors (Lipinski definition) is 3. The first kappa shape index (κ1) is 23.9. The van der Waals surface area contributed by atoms with Gasteiger partial charge in [0.2, 0.25) is 5.91 Å². The van der Waals surface area contributed by atoms with Crippen molar-refractivity contribution in [2.75, 3.05) is 7.11 Å². The average Bonchev–Trinajstić information content (AvgIpc) is 3.25. The molecule has 1 N–H and O–H groups in total. The van der Waals surface area contributed by atoms with E-state index >= 15 is 0 Å². The first-order valence-corrected chi connectivity index (χ1v) is 10.8. The fraction of sp³-hybridized carbons (Fsp3) is 0.500. The van der Waals surface area contributed by atoms with E-state index in [4.69, 9.17) is 4.74 Å². The lowest BCUT2D eigenvalue weighted by Gasteiger charge is -2.30. The number of carbonyl (C=O) groups is 2. The summed E-state index contributed by atoms with van der Waals surface area (Å²) in [5.41, 5.74) is 0.661. The number of allylic oxidation sites excluding steroid dienone is 3. The van der Waals surface area contributed by atoms with Crippen LogP contribution < -0.4 is 0 Å². The number of nitrogens with zero attached hydrogens (tertiary/aromatic N) is 1. The van der Waals surface area contributed by atoms with Crippen molar-refractivity contribution < 1.29 is 32.6 Å². The predicted molar refractivity (Wildman–Crippen MR) is 113 cm³/mol. The van der Waals surface area contributed by atoms with Gasteiger partial charge in [-0.15, -0.1) is 0 Å². The number of aliphatic carboxylic acids is 1. The molecule has 5 nitrogen and oxygen atoms in total. The molecule has 8 heteroatoms. The van der Waals surface area contributed by atoms with E-state index in [1.54, 1.807) is 17.1 Å². The molecule has 0 aromatic heterocycles. The quantitative estimate of drug-likeness (QED) is 0.602. The predicted octanol–water partition coefficient (Wildman–Crippen LogP) is 5.40. The molecule has 1 unspecified atom stereocenters. The number of carbonyl (C=O) groups excluding carboxylic acids is 1. The van der Waals surface area contributed by atoms with E-state index in [0.29, 0.717) is 28.9 Å². The average molecular weight is 451 g/mol. The molecule has 0 bridgehead atoms. The maximum Gasteiger partial charge on any atom is 0.416 e. The van der Waals surface area contributed by atoms with Crippen LogP contribution in [0.15, 0.2) is 36.1 Å². The molecule has 1 atom stereocenters. The highest BCUT2D eigenvalue weighted by atomic mass is 19.4. The van der Waals surface area contributed by atoms with Crippen molar-refractivity contribution in [3.63, 3.8) is 0 Å². The second-order valence-electron chi connectivity index (χ2n) is 8.40. The summed E-state index contributed by atoms with van der Waals surface area (Å²) in [6.45, 7) is 1.49. The minimum Gasteiger partial charge on any atom is -0.496 e. The monoisotopic (exact) mass is 451 g/mol. The molecule has 2 aliphatic rings. The van der Waals surface area contributed by atoms with Crippen LogP contribution in [0.5, 0.6) is 0 Å². The van der Waals surface area contributed by atoms with Gasteiger partial charge in [-0.05, 0) is 54.5 Å². The number of alkyl halides is 3. The lowest BCUT2D eigenvalue weighted by molar-refractivity contribution is -0.138. The van der Waals surface area contributed by atoms with Crippen molar-refractivity contribution in [2.45, 2.75) is 64.2 Å². The van der Waals surface area contributed by atoms with Crippen LogP contribution in [0.3, 0.4) is 0 Å². The van der Waals surface area contributed by atoms with Gasteiger partial charge in [0.15, 0.2) is 0 Å². The molecule has 32 heavy (non-hydrogen) atoms. The van der Waals surface area contributed by atoms with E-state index in [2.05, 4.69) is 0 Å². The lowest BCUT2D eigenvalue weighted by atomic mass is 9.86. The van der Waals surface area contributed by atoms with Gasteiger partial charge in [-0.3, -0.25) is 9.59 Å². The number of hydrogen-bond donors (Lipinski definition) is 1. The van der Waals surface area contributed by atoms with Gasteiger partial charge in [0.05, 0.1) is 19.1 Å². The zero-order valence-corrected chi connectivity index (χ0v) is 18.2. The Labute approximate surface area is 185 Å². The summed E-state index contributed by atoms with van der Waals surface area (Å²) in [6, 6.07) is 3.51. The molecule has 1 aromatic rings. The van der Waals surface area contributed by atoms with Crippen molar-refractivity contribution in [1.29, 1.82) is 0 Å². The third-order valence-corrected chi connectivity index (χ3v) is 6.16. The van der Waals surface area contributed by atoms with Gasteiger partial charge in [-0.25, -0.2) is 0 Å². The Morgan fingerprint density at radius 2 is 1.91 bits per heavy atom. The number of benzene rings is 1. The van der Waals surface area contributed by atoms with Gasteiger partial charge in [0.1, 0.15) is 5.76 Å². The van der Waals surface area contributed by atoms with E-state index in [1.165, 1.54) is 20.1 Å². The van der Waals surface area contributed by atoms with E-state index in [0.717, 1.165) is 37.8 Å². The molecule has 0 saturated heterocycles. The number of amides is 1. The largest absolute Gasteiger partial charge is 0.496 e. The highest BCUT2D eigenvalue weighted by molar-refractivity contribution is 5.81. The first-order chi connectivity index (χ1) is 15.1. The molecule has 3 rings (SSSR count). The fourth-order valence-corrected chi connectivity index (χ4v) is 4.60.